The molecule has 2 N–H and O–H groups in total. The van der Waals surface area contributed by atoms with Gasteiger partial charge in [-0.25, -0.2) is 0 Å². The molecule has 1 fully saturated rings. The molecule has 1 aliphatic carbocycles. The molecule has 128 valence electrons. The van der Waals surface area contributed by atoms with E-state index in [9.17, 15) is 23.1 Å². The van der Waals surface area contributed by atoms with Gasteiger partial charge in [-0.1, -0.05) is 18.2 Å². The highest BCUT2D eigenvalue weighted by molar-refractivity contribution is 5.83. The van der Waals surface area contributed by atoms with Crippen LogP contribution in [0.2, 0.25) is 0 Å². The maximum Gasteiger partial charge on any atom is 0.416 e. The third-order valence-electron chi connectivity index (χ3n) is 3.93. The summed E-state index contributed by atoms with van der Waals surface area (Å²) in [5.74, 6) is -1.09. The summed E-state index contributed by atoms with van der Waals surface area (Å²) in [5, 5.41) is 12.1. The van der Waals surface area contributed by atoms with Crippen molar-refractivity contribution in [2.75, 3.05) is 20.3 Å². The van der Waals surface area contributed by atoms with Crippen LogP contribution in [0, 0.1) is 5.92 Å². The average Bonchev–Trinajstić information content (AvgIpc) is 3.27. The SMILES string of the molecule is COCC(O)CCNC(=O)C1CC1c1ccccc1C(F)(F)F. The van der Waals surface area contributed by atoms with Crippen LogP contribution in [0.25, 0.3) is 0 Å². The topological polar surface area (TPSA) is 58.6 Å². The number of hydrogen-bond donors (Lipinski definition) is 2. The van der Waals surface area contributed by atoms with Gasteiger partial charge in [0.25, 0.3) is 0 Å². The maximum absolute atomic E-state index is 13.0. The van der Waals surface area contributed by atoms with Crippen molar-refractivity contribution >= 4 is 5.91 Å². The molecule has 7 heteroatoms. The lowest BCUT2D eigenvalue weighted by Gasteiger charge is -2.13. The number of alkyl halides is 3. The molecule has 0 spiro atoms. The smallest absolute Gasteiger partial charge is 0.391 e. The minimum atomic E-state index is -4.41. The number of rotatable bonds is 7. The van der Waals surface area contributed by atoms with Crippen LogP contribution in [-0.4, -0.2) is 37.4 Å². The lowest BCUT2D eigenvalue weighted by atomic mass is 10.0. The molecule has 3 unspecified atom stereocenters. The van der Waals surface area contributed by atoms with Gasteiger partial charge < -0.3 is 15.2 Å². The summed E-state index contributed by atoms with van der Waals surface area (Å²) < 4.78 is 43.7. The molecule has 1 aromatic carbocycles. The first-order valence-electron chi connectivity index (χ1n) is 7.45. The summed E-state index contributed by atoms with van der Waals surface area (Å²) in [7, 11) is 1.47. The van der Waals surface area contributed by atoms with Crippen molar-refractivity contribution in [3.05, 3.63) is 35.4 Å². The van der Waals surface area contributed by atoms with Crippen LogP contribution < -0.4 is 5.32 Å². The molecule has 0 aromatic heterocycles. The Kier molecular flexibility index (Phi) is 5.64. The Morgan fingerprint density at radius 2 is 2.13 bits per heavy atom. The highest BCUT2D eigenvalue weighted by Crippen LogP contribution is 2.50. The highest BCUT2D eigenvalue weighted by Gasteiger charge is 2.47. The number of hydrogen-bond acceptors (Lipinski definition) is 3. The molecule has 0 saturated heterocycles. The third-order valence-corrected chi connectivity index (χ3v) is 3.93. The van der Waals surface area contributed by atoms with Gasteiger partial charge in [-0.05, 0) is 30.4 Å². The van der Waals surface area contributed by atoms with Crippen molar-refractivity contribution in [2.45, 2.75) is 31.0 Å². The van der Waals surface area contributed by atoms with E-state index in [1.54, 1.807) is 6.07 Å². The molecule has 1 saturated carbocycles. The van der Waals surface area contributed by atoms with Gasteiger partial charge in [0.2, 0.25) is 5.91 Å². The zero-order valence-electron chi connectivity index (χ0n) is 12.8. The largest absolute Gasteiger partial charge is 0.416 e. The number of ether oxygens (including phenoxy) is 1. The number of amides is 1. The zero-order chi connectivity index (χ0) is 17.0. The predicted octanol–water partition coefficient (Wildman–Crippen LogP) is 2.32. The van der Waals surface area contributed by atoms with Gasteiger partial charge in [-0.2, -0.15) is 13.2 Å². The molecule has 1 aromatic rings. The number of benzene rings is 1. The lowest BCUT2D eigenvalue weighted by molar-refractivity contribution is -0.138. The molecule has 4 nitrogen and oxygen atoms in total. The van der Waals surface area contributed by atoms with Crippen LogP contribution in [0.3, 0.4) is 0 Å². The van der Waals surface area contributed by atoms with Gasteiger partial charge in [0, 0.05) is 19.6 Å². The Bertz CT molecular complexity index is 548. The zero-order valence-corrected chi connectivity index (χ0v) is 12.8. The molecule has 0 bridgehead atoms. The monoisotopic (exact) mass is 331 g/mol. The lowest BCUT2D eigenvalue weighted by Crippen LogP contribution is -2.30. The summed E-state index contributed by atoms with van der Waals surface area (Å²) in [6.07, 6.45) is -4.32. The van der Waals surface area contributed by atoms with Gasteiger partial charge in [0.05, 0.1) is 18.3 Å². The summed E-state index contributed by atoms with van der Waals surface area (Å²) in [6, 6.07) is 5.38. The molecule has 0 aliphatic heterocycles. The first-order valence-corrected chi connectivity index (χ1v) is 7.45. The molecule has 3 atom stereocenters. The fourth-order valence-electron chi connectivity index (χ4n) is 2.68. The Labute approximate surface area is 132 Å². The molecular weight excluding hydrogens is 311 g/mol. The minimum absolute atomic E-state index is 0.180. The van der Waals surface area contributed by atoms with Crippen molar-refractivity contribution in [1.29, 1.82) is 0 Å². The predicted molar refractivity (Wildman–Crippen MR) is 77.8 cm³/mol. The van der Waals surface area contributed by atoms with Gasteiger partial charge in [-0.3, -0.25) is 4.79 Å². The van der Waals surface area contributed by atoms with E-state index in [0.717, 1.165) is 6.07 Å². The van der Waals surface area contributed by atoms with Gasteiger partial charge in [0.15, 0.2) is 0 Å². The van der Waals surface area contributed by atoms with E-state index in [1.807, 2.05) is 0 Å². The van der Waals surface area contributed by atoms with E-state index in [0.29, 0.717) is 12.8 Å². The summed E-state index contributed by atoms with van der Waals surface area (Å²) in [6.45, 7) is 0.453. The fraction of sp³-hybridized carbons (Fsp3) is 0.562. The van der Waals surface area contributed by atoms with Crippen LogP contribution in [0.4, 0.5) is 13.2 Å². The molecule has 23 heavy (non-hydrogen) atoms. The standard InChI is InChI=1S/C16H20F3NO3/c1-23-9-10(21)6-7-20-15(22)13-8-12(13)11-4-2-3-5-14(11)16(17,18)19/h2-5,10,12-13,21H,6-9H2,1H3,(H,20,22). The van der Waals surface area contributed by atoms with E-state index in [-0.39, 0.29) is 24.6 Å². The van der Waals surface area contributed by atoms with E-state index < -0.39 is 29.7 Å². The number of halogens is 3. The first kappa shape index (κ1) is 17.7. The quantitative estimate of drug-likeness (QED) is 0.806. The Balaban J connectivity index is 1.89. The van der Waals surface area contributed by atoms with Crippen molar-refractivity contribution < 1.29 is 27.8 Å². The fourth-order valence-corrected chi connectivity index (χ4v) is 2.68. The van der Waals surface area contributed by atoms with E-state index in [2.05, 4.69) is 5.32 Å². The molecule has 0 radical (unpaired) electrons. The van der Waals surface area contributed by atoms with Crippen LogP contribution >= 0.6 is 0 Å². The molecule has 0 heterocycles. The van der Waals surface area contributed by atoms with E-state index >= 15 is 0 Å². The van der Waals surface area contributed by atoms with E-state index in [4.69, 9.17) is 4.74 Å². The van der Waals surface area contributed by atoms with Crippen LogP contribution in [-0.2, 0) is 15.7 Å². The second-order valence-corrected chi connectivity index (χ2v) is 5.72. The second-order valence-electron chi connectivity index (χ2n) is 5.72. The summed E-state index contributed by atoms with van der Waals surface area (Å²) in [5.41, 5.74) is -0.490. The van der Waals surface area contributed by atoms with Gasteiger partial charge in [-0.15, -0.1) is 0 Å². The number of aliphatic hydroxyl groups excluding tert-OH is 1. The van der Waals surface area contributed by atoms with Crippen molar-refractivity contribution in [3.63, 3.8) is 0 Å². The van der Waals surface area contributed by atoms with Crippen molar-refractivity contribution in [3.8, 4) is 0 Å². The van der Waals surface area contributed by atoms with Crippen LogP contribution in [0.5, 0.6) is 0 Å². The molecule has 2 rings (SSSR count). The summed E-state index contributed by atoms with van der Waals surface area (Å²) >= 11 is 0. The van der Waals surface area contributed by atoms with Gasteiger partial charge >= 0.3 is 6.18 Å². The minimum Gasteiger partial charge on any atom is -0.391 e. The highest BCUT2D eigenvalue weighted by atomic mass is 19.4. The molecule has 1 amide bonds. The van der Waals surface area contributed by atoms with Crippen molar-refractivity contribution in [2.24, 2.45) is 5.92 Å². The Morgan fingerprint density at radius 3 is 2.78 bits per heavy atom. The number of aliphatic hydroxyl groups is 1. The third kappa shape index (κ3) is 4.68. The maximum atomic E-state index is 13.0. The van der Waals surface area contributed by atoms with Crippen molar-refractivity contribution in [1.82, 2.24) is 5.32 Å². The number of nitrogens with one attached hydrogen (secondary N) is 1. The normalized spacial score (nSPS) is 21.8. The molecular formula is C16H20F3NO3. The number of carbonyl (C=O) groups is 1. The van der Waals surface area contributed by atoms with E-state index in [1.165, 1.54) is 19.2 Å². The Hall–Kier alpha value is -1.60. The first-order chi connectivity index (χ1) is 10.8. The second kappa shape index (κ2) is 7.31. The van der Waals surface area contributed by atoms with Crippen LogP contribution in [0.1, 0.15) is 29.9 Å². The number of carbonyl (C=O) groups excluding carboxylic acids is 1. The average molecular weight is 331 g/mol. The summed E-state index contributed by atoms with van der Waals surface area (Å²) in [4.78, 5) is 12.0. The van der Waals surface area contributed by atoms with Crippen LogP contribution in [0.15, 0.2) is 24.3 Å². The Morgan fingerprint density at radius 1 is 1.43 bits per heavy atom. The number of methoxy groups -OCH3 is 1. The molecule has 1 aliphatic rings. The van der Waals surface area contributed by atoms with Gasteiger partial charge in [0.1, 0.15) is 0 Å².